The standard InChI is InChI=1S/C14H20BrNO2S/c1-2-18-14(17)10-4-3-5-12(6-10)16-8-13-7-11(15)9-19-13/h7,9-10,12,16H,2-6,8H2,1H3. The molecule has 1 aliphatic rings. The number of esters is 1. The van der Waals surface area contributed by atoms with Gasteiger partial charge in [-0.2, -0.15) is 0 Å². The second kappa shape index (κ2) is 7.41. The summed E-state index contributed by atoms with van der Waals surface area (Å²) in [7, 11) is 0. The van der Waals surface area contributed by atoms with Crippen LogP contribution < -0.4 is 5.32 Å². The number of hydrogen-bond acceptors (Lipinski definition) is 4. The summed E-state index contributed by atoms with van der Waals surface area (Å²) in [6, 6.07) is 2.58. The normalized spacial score (nSPS) is 23.3. The predicted molar refractivity (Wildman–Crippen MR) is 81.2 cm³/mol. The summed E-state index contributed by atoms with van der Waals surface area (Å²) < 4.78 is 6.27. The van der Waals surface area contributed by atoms with E-state index in [2.05, 4.69) is 32.7 Å². The van der Waals surface area contributed by atoms with Crippen LogP contribution in [0.5, 0.6) is 0 Å². The molecule has 1 saturated carbocycles. The fourth-order valence-electron chi connectivity index (χ4n) is 2.54. The molecule has 1 fully saturated rings. The van der Waals surface area contributed by atoms with E-state index in [0.29, 0.717) is 12.6 Å². The summed E-state index contributed by atoms with van der Waals surface area (Å²) in [6.07, 6.45) is 4.14. The third-order valence-electron chi connectivity index (χ3n) is 3.48. The molecule has 2 rings (SSSR count). The fourth-order valence-corrected chi connectivity index (χ4v) is 3.94. The van der Waals surface area contributed by atoms with Gasteiger partial charge >= 0.3 is 5.97 Å². The molecule has 3 nitrogen and oxygen atoms in total. The van der Waals surface area contributed by atoms with Crippen molar-refractivity contribution < 1.29 is 9.53 Å². The highest BCUT2D eigenvalue weighted by molar-refractivity contribution is 9.10. The van der Waals surface area contributed by atoms with Crippen molar-refractivity contribution in [3.8, 4) is 0 Å². The second-order valence-electron chi connectivity index (χ2n) is 4.92. The van der Waals surface area contributed by atoms with Gasteiger partial charge in [-0.15, -0.1) is 11.3 Å². The van der Waals surface area contributed by atoms with Gasteiger partial charge in [0.05, 0.1) is 12.5 Å². The van der Waals surface area contributed by atoms with E-state index in [0.717, 1.165) is 36.7 Å². The maximum Gasteiger partial charge on any atom is 0.308 e. The molecule has 0 aliphatic heterocycles. The summed E-state index contributed by atoms with van der Waals surface area (Å²) in [6.45, 7) is 3.23. The molecule has 2 unspecified atom stereocenters. The van der Waals surface area contributed by atoms with Gasteiger partial charge in [0.1, 0.15) is 0 Å². The molecule has 0 amide bonds. The summed E-state index contributed by atoms with van der Waals surface area (Å²) >= 11 is 5.22. The van der Waals surface area contributed by atoms with Crippen LogP contribution in [0.2, 0.25) is 0 Å². The monoisotopic (exact) mass is 345 g/mol. The zero-order valence-electron chi connectivity index (χ0n) is 11.2. The molecule has 0 spiro atoms. The first-order valence-corrected chi connectivity index (χ1v) is 8.49. The average Bonchev–Trinajstić information content (AvgIpc) is 2.83. The number of carbonyl (C=O) groups excluding carboxylic acids is 1. The second-order valence-corrected chi connectivity index (χ2v) is 6.84. The number of ether oxygens (including phenoxy) is 1. The van der Waals surface area contributed by atoms with E-state index >= 15 is 0 Å². The molecular formula is C14H20BrNO2S. The number of halogens is 1. The summed E-state index contributed by atoms with van der Waals surface area (Å²) in [4.78, 5) is 13.1. The third-order valence-corrected chi connectivity index (χ3v) is 5.18. The van der Waals surface area contributed by atoms with Crippen LogP contribution in [0.15, 0.2) is 15.9 Å². The van der Waals surface area contributed by atoms with Crippen LogP contribution in [-0.4, -0.2) is 18.6 Å². The molecular weight excluding hydrogens is 326 g/mol. The minimum absolute atomic E-state index is 0.0205. The lowest BCUT2D eigenvalue weighted by molar-refractivity contribution is -0.149. The highest BCUT2D eigenvalue weighted by Gasteiger charge is 2.27. The van der Waals surface area contributed by atoms with Crippen LogP contribution in [0.3, 0.4) is 0 Å². The quantitative estimate of drug-likeness (QED) is 0.826. The molecule has 0 radical (unpaired) electrons. The van der Waals surface area contributed by atoms with E-state index in [1.807, 2.05) is 6.92 Å². The zero-order valence-corrected chi connectivity index (χ0v) is 13.6. The maximum atomic E-state index is 11.8. The first-order valence-electron chi connectivity index (χ1n) is 6.82. The molecule has 2 atom stereocenters. The van der Waals surface area contributed by atoms with Gasteiger partial charge in [-0.25, -0.2) is 0 Å². The van der Waals surface area contributed by atoms with E-state index < -0.39 is 0 Å². The number of thiophene rings is 1. The van der Waals surface area contributed by atoms with Gasteiger partial charge < -0.3 is 10.1 Å². The van der Waals surface area contributed by atoms with Gasteiger partial charge in [-0.3, -0.25) is 4.79 Å². The van der Waals surface area contributed by atoms with Gasteiger partial charge in [0.25, 0.3) is 0 Å². The minimum atomic E-state index is -0.0205. The van der Waals surface area contributed by atoms with Crippen molar-refractivity contribution >= 4 is 33.2 Å². The van der Waals surface area contributed by atoms with Crippen molar-refractivity contribution in [1.82, 2.24) is 5.32 Å². The molecule has 1 aliphatic carbocycles. The Morgan fingerprint density at radius 2 is 2.42 bits per heavy atom. The lowest BCUT2D eigenvalue weighted by Crippen LogP contribution is -2.36. The van der Waals surface area contributed by atoms with Gasteiger partial charge in [0.15, 0.2) is 0 Å². The Kier molecular flexibility index (Phi) is 5.85. The van der Waals surface area contributed by atoms with Gasteiger partial charge in [0, 0.05) is 27.3 Å². The van der Waals surface area contributed by atoms with Crippen molar-refractivity contribution in [2.45, 2.75) is 45.2 Å². The first-order chi connectivity index (χ1) is 9.19. The van der Waals surface area contributed by atoms with Crippen molar-refractivity contribution in [1.29, 1.82) is 0 Å². The molecule has 19 heavy (non-hydrogen) atoms. The number of nitrogens with one attached hydrogen (secondary N) is 1. The van der Waals surface area contributed by atoms with Crippen molar-refractivity contribution in [2.75, 3.05) is 6.61 Å². The Labute approximate surface area is 126 Å². The molecule has 106 valence electrons. The Bertz CT molecular complexity index is 421. The fraction of sp³-hybridized carbons (Fsp3) is 0.643. The number of carbonyl (C=O) groups is 1. The maximum absolute atomic E-state index is 11.8. The van der Waals surface area contributed by atoms with Crippen LogP contribution in [-0.2, 0) is 16.1 Å². The van der Waals surface area contributed by atoms with Crippen LogP contribution in [0, 0.1) is 5.92 Å². The smallest absolute Gasteiger partial charge is 0.308 e. The predicted octanol–water partition coefficient (Wildman–Crippen LogP) is 3.72. The van der Waals surface area contributed by atoms with Crippen LogP contribution in [0.1, 0.15) is 37.5 Å². The molecule has 1 heterocycles. The van der Waals surface area contributed by atoms with Crippen molar-refractivity contribution in [3.05, 3.63) is 20.8 Å². The summed E-state index contributed by atoms with van der Waals surface area (Å²) in [5.41, 5.74) is 0. The third kappa shape index (κ3) is 4.58. The first kappa shape index (κ1) is 15.0. The van der Waals surface area contributed by atoms with E-state index in [-0.39, 0.29) is 11.9 Å². The van der Waals surface area contributed by atoms with Crippen LogP contribution in [0.25, 0.3) is 0 Å². The van der Waals surface area contributed by atoms with Crippen molar-refractivity contribution in [2.24, 2.45) is 5.92 Å². The summed E-state index contributed by atoms with van der Waals surface area (Å²) in [5, 5.41) is 5.66. The molecule has 0 aromatic carbocycles. The average molecular weight is 346 g/mol. The lowest BCUT2D eigenvalue weighted by Gasteiger charge is -2.28. The Hall–Kier alpha value is -0.390. The highest BCUT2D eigenvalue weighted by atomic mass is 79.9. The number of hydrogen-bond donors (Lipinski definition) is 1. The zero-order chi connectivity index (χ0) is 13.7. The van der Waals surface area contributed by atoms with E-state index in [1.54, 1.807) is 11.3 Å². The Morgan fingerprint density at radius 3 is 3.11 bits per heavy atom. The van der Waals surface area contributed by atoms with Gasteiger partial charge in [-0.05, 0) is 48.2 Å². The molecule has 0 saturated heterocycles. The molecule has 1 aromatic rings. The highest BCUT2D eigenvalue weighted by Crippen LogP contribution is 2.26. The van der Waals surface area contributed by atoms with Crippen LogP contribution in [0.4, 0.5) is 0 Å². The van der Waals surface area contributed by atoms with E-state index in [9.17, 15) is 4.79 Å². The van der Waals surface area contributed by atoms with Gasteiger partial charge in [-0.1, -0.05) is 6.42 Å². The summed E-state index contributed by atoms with van der Waals surface area (Å²) in [5.74, 6) is 0.0640. The molecule has 0 bridgehead atoms. The topological polar surface area (TPSA) is 38.3 Å². The van der Waals surface area contributed by atoms with Crippen molar-refractivity contribution in [3.63, 3.8) is 0 Å². The SMILES string of the molecule is CCOC(=O)C1CCCC(NCc2cc(Br)cs2)C1. The lowest BCUT2D eigenvalue weighted by atomic mass is 9.86. The van der Waals surface area contributed by atoms with E-state index in [1.165, 1.54) is 4.88 Å². The minimum Gasteiger partial charge on any atom is -0.466 e. The number of rotatable bonds is 5. The van der Waals surface area contributed by atoms with E-state index in [4.69, 9.17) is 4.74 Å². The largest absolute Gasteiger partial charge is 0.466 e. The Balaban J connectivity index is 1.79. The Morgan fingerprint density at radius 1 is 1.58 bits per heavy atom. The molecule has 5 heteroatoms. The molecule has 1 N–H and O–H groups in total. The molecule has 1 aromatic heterocycles. The van der Waals surface area contributed by atoms with Crippen LogP contribution >= 0.6 is 27.3 Å². The van der Waals surface area contributed by atoms with Gasteiger partial charge in [0.2, 0.25) is 0 Å².